The summed E-state index contributed by atoms with van der Waals surface area (Å²) in [6, 6.07) is 17.5. The van der Waals surface area contributed by atoms with Crippen LogP contribution in [0, 0.1) is 6.92 Å². The van der Waals surface area contributed by atoms with Crippen LogP contribution in [0.25, 0.3) is 5.76 Å². The first-order valence-corrected chi connectivity index (χ1v) is 12.2. The largest absolute Gasteiger partial charge is 0.507 e. The molecule has 196 valence electrons. The van der Waals surface area contributed by atoms with Gasteiger partial charge in [-0.3, -0.25) is 14.5 Å². The summed E-state index contributed by atoms with van der Waals surface area (Å²) in [5.74, 6) is -1.68. The van der Waals surface area contributed by atoms with Gasteiger partial charge in [0.1, 0.15) is 17.3 Å². The molecule has 4 rings (SSSR count). The number of aliphatic hydroxyl groups is 1. The predicted molar refractivity (Wildman–Crippen MR) is 143 cm³/mol. The average Bonchev–Trinajstić information content (AvgIpc) is 3.21. The second kappa shape index (κ2) is 11.2. The maximum absolute atomic E-state index is 13.4. The Hall–Kier alpha value is -4.59. The molecule has 0 spiro atoms. The third-order valence-corrected chi connectivity index (χ3v) is 6.28. The van der Waals surface area contributed by atoms with E-state index in [1.54, 1.807) is 48.5 Å². The molecule has 1 fully saturated rings. The number of benzene rings is 3. The maximum Gasteiger partial charge on any atom is 0.338 e. The van der Waals surface area contributed by atoms with Crippen molar-refractivity contribution in [1.82, 2.24) is 0 Å². The molecule has 1 N–H and O–H groups in total. The smallest absolute Gasteiger partial charge is 0.338 e. The van der Waals surface area contributed by atoms with Crippen molar-refractivity contribution in [3.63, 3.8) is 0 Å². The van der Waals surface area contributed by atoms with Gasteiger partial charge in [-0.15, -0.1) is 0 Å². The van der Waals surface area contributed by atoms with Gasteiger partial charge in [0, 0.05) is 11.8 Å². The van der Waals surface area contributed by atoms with E-state index >= 15 is 0 Å². The Labute approximate surface area is 221 Å². The molecule has 1 heterocycles. The number of aliphatic hydroxyl groups excluding tert-OH is 1. The van der Waals surface area contributed by atoms with Gasteiger partial charge in [-0.25, -0.2) is 4.79 Å². The minimum absolute atomic E-state index is 0.0736. The first-order valence-electron chi connectivity index (χ1n) is 12.2. The highest BCUT2D eigenvalue weighted by atomic mass is 16.5. The topological polar surface area (TPSA) is 102 Å². The number of hydrogen-bond acceptors (Lipinski definition) is 7. The molecule has 0 radical (unpaired) electrons. The van der Waals surface area contributed by atoms with Crippen molar-refractivity contribution in [3.05, 3.63) is 94.6 Å². The van der Waals surface area contributed by atoms with Crippen molar-refractivity contribution in [2.24, 2.45) is 0 Å². The molecule has 1 unspecified atom stereocenters. The molecule has 8 heteroatoms. The summed E-state index contributed by atoms with van der Waals surface area (Å²) in [6.07, 6.45) is 0.698. The van der Waals surface area contributed by atoms with Crippen molar-refractivity contribution >= 4 is 29.1 Å². The molecule has 0 aromatic heterocycles. The van der Waals surface area contributed by atoms with Crippen molar-refractivity contribution in [2.45, 2.75) is 26.3 Å². The zero-order chi connectivity index (χ0) is 27.4. The van der Waals surface area contributed by atoms with E-state index in [-0.39, 0.29) is 22.6 Å². The average molecular weight is 516 g/mol. The first-order chi connectivity index (χ1) is 18.3. The van der Waals surface area contributed by atoms with E-state index < -0.39 is 23.7 Å². The van der Waals surface area contributed by atoms with Crippen LogP contribution in [0.2, 0.25) is 0 Å². The second-order valence-corrected chi connectivity index (χ2v) is 8.83. The normalized spacial score (nSPS) is 16.4. The van der Waals surface area contributed by atoms with Crippen LogP contribution in [0.1, 0.15) is 46.4 Å². The van der Waals surface area contributed by atoms with Crippen LogP contribution in [-0.2, 0) is 14.3 Å². The highest BCUT2D eigenvalue weighted by molar-refractivity contribution is 6.51. The van der Waals surface area contributed by atoms with E-state index in [1.165, 1.54) is 19.1 Å². The number of esters is 1. The van der Waals surface area contributed by atoms with Crippen LogP contribution < -0.4 is 14.4 Å². The van der Waals surface area contributed by atoms with Crippen molar-refractivity contribution in [2.75, 3.05) is 25.7 Å². The fourth-order valence-electron chi connectivity index (χ4n) is 4.43. The Kier molecular flexibility index (Phi) is 7.81. The molecule has 38 heavy (non-hydrogen) atoms. The number of nitrogens with zero attached hydrogens (tertiary/aromatic N) is 1. The molecule has 0 bridgehead atoms. The van der Waals surface area contributed by atoms with Crippen LogP contribution in [0.4, 0.5) is 5.69 Å². The Morgan fingerprint density at radius 3 is 2.34 bits per heavy atom. The number of carbonyl (C=O) groups excluding carboxylic acids is 3. The minimum atomic E-state index is -0.917. The molecule has 3 aromatic carbocycles. The molecular formula is C30H29NO7. The summed E-state index contributed by atoms with van der Waals surface area (Å²) in [7, 11) is 2.95. The lowest BCUT2D eigenvalue weighted by atomic mass is 9.94. The summed E-state index contributed by atoms with van der Waals surface area (Å²) in [6.45, 7) is 4.11. The van der Waals surface area contributed by atoms with E-state index in [2.05, 4.69) is 0 Å². The number of Topliss-reactive ketones (excluding diaryl/α,β-unsaturated/α-hetero) is 1. The molecular weight excluding hydrogens is 486 g/mol. The van der Waals surface area contributed by atoms with Gasteiger partial charge < -0.3 is 19.3 Å². The number of aryl methyl sites for hydroxylation is 1. The second-order valence-electron chi connectivity index (χ2n) is 8.83. The summed E-state index contributed by atoms with van der Waals surface area (Å²) in [5.41, 5.74) is 2.46. The van der Waals surface area contributed by atoms with Gasteiger partial charge in [0.15, 0.2) is 0 Å². The van der Waals surface area contributed by atoms with Gasteiger partial charge in [-0.2, -0.15) is 0 Å². The molecule has 1 amide bonds. The first kappa shape index (κ1) is 26.5. The van der Waals surface area contributed by atoms with Crippen LogP contribution in [0.15, 0.2) is 72.3 Å². The Morgan fingerprint density at radius 2 is 1.71 bits per heavy atom. The van der Waals surface area contributed by atoms with E-state index in [9.17, 15) is 19.5 Å². The Morgan fingerprint density at radius 1 is 0.974 bits per heavy atom. The summed E-state index contributed by atoms with van der Waals surface area (Å²) >= 11 is 0. The number of ether oxygens (including phenoxy) is 3. The quantitative estimate of drug-likeness (QED) is 0.190. The predicted octanol–water partition coefficient (Wildman–Crippen LogP) is 5.21. The lowest BCUT2D eigenvalue weighted by molar-refractivity contribution is -0.132. The van der Waals surface area contributed by atoms with Gasteiger partial charge in [0.05, 0.1) is 43.6 Å². The van der Waals surface area contributed by atoms with Crippen LogP contribution in [0.3, 0.4) is 0 Å². The third-order valence-electron chi connectivity index (χ3n) is 6.28. The van der Waals surface area contributed by atoms with E-state index in [0.717, 1.165) is 5.56 Å². The van der Waals surface area contributed by atoms with Gasteiger partial charge in [-0.05, 0) is 55.3 Å². The zero-order valence-corrected chi connectivity index (χ0v) is 21.7. The number of amides is 1. The summed E-state index contributed by atoms with van der Waals surface area (Å²) in [5, 5.41) is 11.4. The fourth-order valence-corrected chi connectivity index (χ4v) is 4.43. The van der Waals surface area contributed by atoms with E-state index in [0.29, 0.717) is 35.6 Å². The van der Waals surface area contributed by atoms with Crippen LogP contribution in [0.5, 0.6) is 11.5 Å². The van der Waals surface area contributed by atoms with Gasteiger partial charge >= 0.3 is 5.97 Å². The van der Waals surface area contributed by atoms with Crippen molar-refractivity contribution in [3.8, 4) is 11.5 Å². The number of carbonyl (C=O) groups is 3. The molecule has 1 aliphatic rings. The third kappa shape index (κ3) is 4.98. The number of anilines is 1. The van der Waals surface area contributed by atoms with Gasteiger partial charge in [-0.1, -0.05) is 36.8 Å². The monoisotopic (exact) mass is 515 g/mol. The highest BCUT2D eigenvalue weighted by Gasteiger charge is 2.47. The molecule has 0 aliphatic carbocycles. The standard InChI is InChI=1S/C30H29NO7/c1-5-15-38-30(35)19-9-11-21(12-10-19)31-26(20-8-6-7-18(2)16-20)25(28(33)29(31)34)27(32)23-14-13-22(36-3)17-24(23)37-4/h6-14,16-17,26,32H,5,15H2,1-4H3/b27-25-. The fraction of sp³-hybridized carbons (Fsp3) is 0.233. The summed E-state index contributed by atoms with van der Waals surface area (Å²) < 4.78 is 15.9. The SMILES string of the molecule is CCCOC(=O)c1ccc(N2C(=O)C(=O)/C(=C(\O)c3ccc(OC)cc3OC)C2c2cccc(C)c2)cc1. The number of ketones is 1. The number of rotatable bonds is 8. The molecule has 3 aromatic rings. The van der Waals surface area contributed by atoms with E-state index in [4.69, 9.17) is 14.2 Å². The van der Waals surface area contributed by atoms with Gasteiger partial charge in [0.2, 0.25) is 0 Å². The minimum Gasteiger partial charge on any atom is -0.507 e. The molecule has 1 saturated heterocycles. The Balaban J connectivity index is 1.86. The Bertz CT molecular complexity index is 1410. The molecule has 1 aliphatic heterocycles. The van der Waals surface area contributed by atoms with E-state index in [1.807, 2.05) is 32.0 Å². The van der Waals surface area contributed by atoms with Crippen molar-refractivity contribution in [1.29, 1.82) is 0 Å². The molecule has 0 saturated carbocycles. The number of hydrogen-bond donors (Lipinski definition) is 1. The zero-order valence-electron chi connectivity index (χ0n) is 21.7. The lowest BCUT2D eigenvalue weighted by Crippen LogP contribution is -2.29. The van der Waals surface area contributed by atoms with Crippen molar-refractivity contribution < 1.29 is 33.7 Å². The number of methoxy groups -OCH3 is 2. The summed E-state index contributed by atoms with van der Waals surface area (Å²) in [4.78, 5) is 40.5. The lowest BCUT2D eigenvalue weighted by Gasteiger charge is -2.26. The highest BCUT2D eigenvalue weighted by Crippen LogP contribution is 2.43. The van der Waals surface area contributed by atoms with Gasteiger partial charge in [0.25, 0.3) is 11.7 Å². The van der Waals surface area contributed by atoms with Crippen LogP contribution >= 0.6 is 0 Å². The van der Waals surface area contributed by atoms with Crippen LogP contribution in [-0.4, -0.2) is 43.6 Å². The maximum atomic E-state index is 13.4. The molecule has 8 nitrogen and oxygen atoms in total. The molecule has 1 atom stereocenters.